The molecule has 0 radical (unpaired) electrons. The minimum atomic E-state index is 0.174. The Morgan fingerprint density at radius 1 is 1.37 bits per heavy atom. The molecule has 0 aliphatic carbocycles. The molecule has 0 atom stereocenters. The lowest BCUT2D eigenvalue weighted by Crippen LogP contribution is -2.30. The first-order chi connectivity index (χ1) is 9.16. The fourth-order valence-electron chi connectivity index (χ4n) is 2.20. The molecular weight excluding hydrogens is 324 g/mol. The van der Waals surface area contributed by atoms with Crippen molar-refractivity contribution in [2.45, 2.75) is 19.3 Å². The van der Waals surface area contributed by atoms with E-state index in [1.165, 1.54) is 24.9 Å². The van der Waals surface area contributed by atoms with E-state index in [9.17, 15) is 0 Å². The van der Waals surface area contributed by atoms with Crippen LogP contribution in [0.1, 0.15) is 24.8 Å². The van der Waals surface area contributed by atoms with E-state index in [0.29, 0.717) is 0 Å². The lowest BCUT2D eigenvalue weighted by Gasteiger charge is -2.30. The normalized spacial score (nSPS) is 15.7. The number of benzene rings is 1. The maximum atomic E-state index is 5.35. The molecule has 1 aliphatic heterocycles. The summed E-state index contributed by atoms with van der Waals surface area (Å²) in [4.78, 5) is 2.40. The molecule has 1 aliphatic rings. The summed E-state index contributed by atoms with van der Waals surface area (Å²) in [6.07, 6.45) is 5.56. The van der Waals surface area contributed by atoms with Crippen LogP contribution < -0.4 is 16.1 Å². The number of piperidine rings is 1. The third-order valence-electron chi connectivity index (χ3n) is 3.07. The minimum Gasteiger partial charge on any atom is -0.375 e. The van der Waals surface area contributed by atoms with Gasteiger partial charge < -0.3 is 10.6 Å². The Morgan fingerprint density at radius 3 is 2.79 bits per heavy atom. The van der Waals surface area contributed by atoms with Crippen molar-refractivity contribution < 1.29 is 0 Å². The van der Waals surface area contributed by atoms with Crippen molar-refractivity contribution in [1.82, 2.24) is 5.43 Å². The van der Waals surface area contributed by atoms with Crippen molar-refractivity contribution in [1.29, 1.82) is 0 Å². The number of thiocarbonyl (C=S) groups is 1. The Bertz CT molecular complexity index is 484. The van der Waals surface area contributed by atoms with Crippen LogP contribution in [0.25, 0.3) is 0 Å². The molecule has 6 heteroatoms. The third kappa shape index (κ3) is 4.18. The molecule has 1 saturated heterocycles. The molecule has 3 N–H and O–H groups in total. The van der Waals surface area contributed by atoms with Gasteiger partial charge in [0.25, 0.3) is 0 Å². The second kappa shape index (κ2) is 6.86. The zero-order chi connectivity index (χ0) is 13.7. The Balaban J connectivity index is 2.21. The van der Waals surface area contributed by atoms with E-state index in [1.807, 2.05) is 12.1 Å². The molecule has 2 rings (SSSR count). The maximum Gasteiger partial charge on any atom is 0.184 e. The van der Waals surface area contributed by atoms with Crippen LogP contribution in [-0.2, 0) is 0 Å². The van der Waals surface area contributed by atoms with E-state index < -0.39 is 0 Å². The van der Waals surface area contributed by atoms with Crippen LogP contribution in [0.15, 0.2) is 27.8 Å². The van der Waals surface area contributed by atoms with Crippen molar-refractivity contribution >= 4 is 45.2 Å². The highest BCUT2D eigenvalue weighted by Gasteiger charge is 2.14. The Morgan fingerprint density at radius 2 is 2.11 bits per heavy atom. The van der Waals surface area contributed by atoms with Crippen molar-refractivity contribution in [2.75, 3.05) is 18.0 Å². The average Bonchev–Trinajstić information content (AvgIpc) is 2.41. The van der Waals surface area contributed by atoms with Crippen molar-refractivity contribution in [3.8, 4) is 0 Å². The number of hydrogen-bond donors (Lipinski definition) is 2. The summed E-state index contributed by atoms with van der Waals surface area (Å²) in [5.74, 6) is 0. The predicted molar refractivity (Wildman–Crippen MR) is 87.7 cm³/mol. The molecule has 19 heavy (non-hydrogen) atoms. The zero-order valence-electron chi connectivity index (χ0n) is 10.6. The molecule has 1 aromatic carbocycles. The smallest absolute Gasteiger partial charge is 0.184 e. The highest BCUT2D eigenvalue weighted by Crippen LogP contribution is 2.26. The summed E-state index contributed by atoms with van der Waals surface area (Å²) in [5, 5.41) is 4.22. The van der Waals surface area contributed by atoms with E-state index in [4.69, 9.17) is 18.0 Å². The van der Waals surface area contributed by atoms with E-state index >= 15 is 0 Å². The van der Waals surface area contributed by atoms with Crippen LogP contribution in [0, 0.1) is 0 Å². The molecule has 0 saturated carbocycles. The summed E-state index contributed by atoms with van der Waals surface area (Å²) in [6.45, 7) is 2.19. The monoisotopic (exact) mass is 340 g/mol. The number of nitrogens with zero attached hydrogens (tertiary/aromatic N) is 2. The molecule has 1 aromatic rings. The van der Waals surface area contributed by atoms with Gasteiger partial charge in [-0.1, -0.05) is 22.0 Å². The van der Waals surface area contributed by atoms with Gasteiger partial charge in [-0.25, -0.2) is 0 Å². The third-order valence-corrected chi connectivity index (χ3v) is 3.65. The van der Waals surface area contributed by atoms with Gasteiger partial charge in [0, 0.05) is 28.8 Å². The Kier molecular flexibility index (Phi) is 5.15. The van der Waals surface area contributed by atoms with E-state index in [1.54, 1.807) is 6.21 Å². The number of nitrogens with one attached hydrogen (secondary N) is 1. The van der Waals surface area contributed by atoms with Crippen LogP contribution in [0.5, 0.6) is 0 Å². The van der Waals surface area contributed by atoms with Gasteiger partial charge in [0.15, 0.2) is 5.11 Å². The standard InChI is InChI=1S/C13H17BrN4S/c14-11-5-4-10(9-16-17-13(15)19)12(8-11)18-6-2-1-3-7-18/h4-5,8-9H,1-3,6-7H2,(H3,15,17,19). The van der Waals surface area contributed by atoms with Crippen molar-refractivity contribution in [2.24, 2.45) is 10.8 Å². The SMILES string of the molecule is NC(=S)NN=Cc1ccc(Br)cc1N1CCCCC1. The number of rotatable bonds is 3. The Labute approximate surface area is 127 Å². The van der Waals surface area contributed by atoms with Gasteiger partial charge in [0.05, 0.1) is 6.21 Å². The molecule has 0 bridgehead atoms. The van der Waals surface area contributed by atoms with Crippen LogP contribution >= 0.6 is 28.1 Å². The summed E-state index contributed by atoms with van der Waals surface area (Å²) < 4.78 is 1.08. The number of halogens is 1. The van der Waals surface area contributed by atoms with Gasteiger partial charge in [-0.15, -0.1) is 0 Å². The summed E-state index contributed by atoms with van der Waals surface area (Å²) >= 11 is 8.25. The van der Waals surface area contributed by atoms with Crippen LogP contribution in [0.2, 0.25) is 0 Å². The first-order valence-corrected chi connectivity index (χ1v) is 7.50. The van der Waals surface area contributed by atoms with Gasteiger partial charge in [0.1, 0.15) is 0 Å². The first kappa shape index (κ1) is 14.3. The second-order valence-corrected chi connectivity index (χ2v) is 5.84. The second-order valence-electron chi connectivity index (χ2n) is 4.49. The van der Waals surface area contributed by atoms with Gasteiger partial charge >= 0.3 is 0 Å². The Hall–Kier alpha value is -1.14. The van der Waals surface area contributed by atoms with Crippen LogP contribution in [-0.4, -0.2) is 24.4 Å². The fraction of sp³-hybridized carbons (Fsp3) is 0.385. The molecule has 0 amide bonds. The lowest BCUT2D eigenvalue weighted by atomic mass is 10.1. The van der Waals surface area contributed by atoms with Crippen LogP contribution in [0.4, 0.5) is 5.69 Å². The highest BCUT2D eigenvalue weighted by molar-refractivity contribution is 9.10. The number of hydrogen-bond acceptors (Lipinski definition) is 3. The van der Waals surface area contributed by atoms with Crippen LogP contribution in [0.3, 0.4) is 0 Å². The number of hydrazone groups is 1. The molecule has 0 spiro atoms. The average molecular weight is 341 g/mol. The van der Waals surface area contributed by atoms with Gasteiger partial charge in [0.2, 0.25) is 0 Å². The summed E-state index contributed by atoms with van der Waals surface area (Å²) in [5.41, 5.74) is 10.2. The quantitative estimate of drug-likeness (QED) is 0.504. The molecular formula is C13H17BrN4S. The van der Waals surface area contributed by atoms with E-state index in [-0.39, 0.29) is 5.11 Å². The molecule has 4 nitrogen and oxygen atoms in total. The number of nitrogens with two attached hydrogens (primary N) is 1. The molecule has 102 valence electrons. The first-order valence-electron chi connectivity index (χ1n) is 6.30. The zero-order valence-corrected chi connectivity index (χ0v) is 13.0. The molecule has 1 heterocycles. The number of anilines is 1. The fourth-order valence-corrected chi connectivity index (χ4v) is 2.60. The maximum absolute atomic E-state index is 5.35. The summed E-state index contributed by atoms with van der Waals surface area (Å²) in [6, 6.07) is 6.18. The van der Waals surface area contributed by atoms with Gasteiger partial charge in [-0.2, -0.15) is 5.10 Å². The van der Waals surface area contributed by atoms with Crippen molar-refractivity contribution in [3.05, 3.63) is 28.2 Å². The van der Waals surface area contributed by atoms with E-state index in [2.05, 4.69) is 37.4 Å². The van der Waals surface area contributed by atoms with Gasteiger partial charge in [-0.3, -0.25) is 5.43 Å². The molecule has 0 unspecified atom stereocenters. The topological polar surface area (TPSA) is 53.6 Å². The lowest BCUT2D eigenvalue weighted by molar-refractivity contribution is 0.577. The molecule has 1 fully saturated rings. The van der Waals surface area contributed by atoms with Gasteiger partial charge in [-0.05, 0) is 43.6 Å². The van der Waals surface area contributed by atoms with Crippen molar-refractivity contribution in [3.63, 3.8) is 0 Å². The predicted octanol–water partition coefficient (Wildman–Crippen LogP) is 2.61. The molecule has 0 aromatic heterocycles. The minimum absolute atomic E-state index is 0.174. The summed E-state index contributed by atoms with van der Waals surface area (Å²) in [7, 11) is 0. The largest absolute Gasteiger partial charge is 0.375 e. The van der Waals surface area contributed by atoms with E-state index in [0.717, 1.165) is 23.1 Å². The highest BCUT2D eigenvalue weighted by atomic mass is 79.9.